The third-order valence-electron chi connectivity index (χ3n) is 8.29. The van der Waals surface area contributed by atoms with Crippen molar-refractivity contribution in [3.05, 3.63) is 196 Å². The zero-order valence-corrected chi connectivity index (χ0v) is 27.1. The van der Waals surface area contributed by atoms with Gasteiger partial charge in [-0.2, -0.15) is 4.72 Å². The van der Waals surface area contributed by atoms with Crippen molar-refractivity contribution >= 4 is 21.6 Å². The van der Waals surface area contributed by atoms with Crippen LogP contribution in [-0.4, -0.2) is 34.8 Å². The third kappa shape index (κ3) is 7.18. The summed E-state index contributed by atoms with van der Waals surface area (Å²) >= 11 is 0. The van der Waals surface area contributed by atoms with Crippen LogP contribution in [-0.2, 0) is 33.3 Å². The molecule has 0 saturated heterocycles. The van der Waals surface area contributed by atoms with Gasteiger partial charge in [-0.1, -0.05) is 121 Å². The van der Waals surface area contributed by atoms with Crippen LogP contribution in [0.15, 0.2) is 163 Å². The number of carbonyl (C=O) groups is 1. The van der Waals surface area contributed by atoms with E-state index >= 15 is 0 Å². The van der Waals surface area contributed by atoms with E-state index in [-0.39, 0.29) is 23.5 Å². The smallest absolute Gasteiger partial charge is 0.269 e. The zero-order valence-electron chi connectivity index (χ0n) is 26.3. The lowest BCUT2D eigenvalue weighted by molar-refractivity contribution is -0.384. The molecule has 6 aromatic rings. The highest BCUT2D eigenvalue weighted by Gasteiger charge is 2.38. The minimum atomic E-state index is -4.27. The van der Waals surface area contributed by atoms with Gasteiger partial charge in [0.2, 0.25) is 15.9 Å². The van der Waals surface area contributed by atoms with Gasteiger partial charge in [0.25, 0.3) is 5.69 Å². The molecule has 5 aromatic carbocycles. The molecule has 2 N–H and O–H groups in total. The third-order valence-corrected chi connectivity index (χ3v) is 9.78. The van der Waals surface area contributed by atoms with Crippen LogP contribution in [0.5, 0.6) is 0 Å². The van der Waals surface area contributed by atoms with Gasteiger partial charge in [-0.25, -0.2) is 13.4 Å². The quantitative estimate of drug-likeness (QED) is 0.0900. The fourth-order valence-electron chi connectivity index (χ4n) is 5.95. The van der Waals surface area contributed by atoms with Crippen molar-refractivity contribution in [2.45, 2.75) is 29.4 Å². The molecule has 1 amide bonds. The Morgan fingerprint density at radius 2 is 1.24 bits per heavy atom. The second-order valence-electron chi connectivity index (χ2n) is 11.4. The molecule has 1 unspecified atom stereocenters. The number of benzene rings is 5. The second-order valence-corrected chi connectivity index (χ2v) is 13.1. The van der Waals surface area contributed by atoms with Crippen LogP contribution in [0.25, 0.3) is 0 Å². The first-order valence-electron chi connectivity index (χ1n) is 15.6. The van der Waals surface area contributed by atoms with E-state index < -0.39 is 32.4 Å². The normalized spacial score (nSPS) is 12.2. The van der Waals surface area contributed by atoms with Crippen molar-refractivity contribution in [2.24, 2.45) is 0 Å². The van der Waals surface area contributed by atoms with E-state index in [1.165, 1.54) is 0 Å². The number of nitro benzene ring substituents is 1. The second kappa shape index (κ2) is 14.5. The Morgan fingerprint density at radius 3 is 1.73 bits per heavy atom. The SMILES string of the molecule is O=C(NCc1ccccc1)C(Cc1cn(C(c2ccccc2)(c2ccccc2)c2ccccc2)cn1)NS(=O)(=O)c1ccc([N+](=O)[O-])cc1. The van der Waals surface area contributed by atoms with Gasteiger partial charge in [0.15, 0.2) is 0 Å². The summed E-state index contributed by atoms with van der Waals surface area (Å²) in [5, 5.41) is 14.0. The van der Waals surface area contributed by atoms with Crippen molar-refractivity contribution in [1.29, 1.82) is 0 Å². The number of non-ortho nitro benzene ring substituents is 1. The molecule has 0 bridgehead atoms. The predicted molar refractivity (Wildman–Crippen MR) is 186 cm³/mol. The first-order chi connectivity index (χ1) is 23.8. The lowest BCUT2D eigenvalue weighted by Crippen LogP contribution is -2.47. The summed E-state index contributed by atoms with van der Waals surface area (Å²) in [7, 11) is -4.27. The average Bonchev–Trinajstić information content (AvgIpc) is 3.61. The van der Waals surface area contributed by atoms with Gasteiger partial charge in [-0.05, 0) is 34.4 Å². The largest absolute Gasteiger partial charge is 0.351 e. The van der Waals surface area contributed by atoms with Gasteiger partial charge < -0.3 is 9.88 Å². The van der Waals surface area contributed by atoms with Crippen molar-refractivity contribution in [3.8, 4) is 0 Å². The summed E-state index contributed by atoms with van der Waals surface area (Å²) in [6, 6.07) is 42.6. The Bertz CT molecular complexity index is 2030. The van der Waals surface area contributed by atoms with Crippen LogP contribution in [0.3, 0.4) is 0 Å². The molecular weight excluding hydrogens is 639 g/mol. The fourth-order valence-corrected chi connectivity index (χ4v) is 7.14. The number of rotatable bonds is 13. The maximum Gasteiger partial charge on any atom is 0.269 e. The average molecular weight is 672 g/mol. The first kappa shape index (κ1) is 33.0. The number of carbonyl (C=O) groups excluding carboxylic acids is 1. The minimum absolute atomic E-state index is 0.0751. The Kier molecular flexibility index (Phi) is 9.74. The van der Waals surface area contributed by atoms with Crippen LogP contribution in [0, 0.1) is 10.1 Å². The van der Waals surface area contributed by atoms with Crippen molar-refractivity contribution < 1.29 is 18.1 Å². The van der Waals surface area contributed by atoms with Gasteiger partial charge in [0.1, 0.15) is 11.6 Å². The number of hydrogen-bond acceptors (Lipinski definition) is 6. The molecule has 0 spiro atoms. The van der Waals surface area contributed by atoms with Crippen LogP contribution in [0.4, 0.5) is 5.69 Å². The molecule has 11 heteroatoms. The predicted octanol–water partition coefficient (Wildman–Crippen LogP) is 5.84. The molecular formula is C38H33N5O5S. The summed E-state index contributed by atoms with van der Waals surface area (Å²) < 4.78 is 31.6. The van der Waals surface area contributed by atoms with Crippen LogP contribution in [0.1, 0.15) is 27.9 Å². The number of hydrogen-bond donors (Lipinski definition) is 2. The minimum Gasteiger partial charge on any atom is -0.351 e. The number of imidazole rings is 1. The highest BCUT2D eigenvalue weighted by atomic mass is 32.2. The molecule has 1 atom stereocenters. The Hall–Kier alpha value is -5.91. The van der Waals surface area contributed by atoms with Gasteiger partial charge >= 0.3 is 0 Å². The summed E-state index contributed by atoms with van der Waals surface area (Å²) in [5.41, 5.74) is 3.15. The molecule has 0 aliphatic heterocycles. The van der Waals surface area contributed by atoms with E-state index in [0.29, 0.717) is 5.69 Å². The lowest BCUT2D eigenvalue weighted by atomic mass is 9.77. The number of sulfonamides is 1. The highest BCUT2D eigenvalue weighted by Crippen LogP contribution is 2.40. The summed E-state index contributed by atoms with van der Waals surface area (Å²) in [5.74, 6) is -0.552. The molecule has 0 radical (unpaired) electrons. The standard InChI is InChI=1S/C38H33N5O5S/c44-37(39-26-29-13-5-1-6-14-29)36(41-49(47,48)35-23-21-34(22-24-35)43(45)46)25-33-27-42(28-40-33)38(30-15-7-2-8-16-30,31-17-9-3-10-18-31)32-19-11-4-12-20-32/h1-24,27-28,36,41H,25-26H2,(H,39,44). The number of nitro groups is 1. The molecule has 0 fully saturated rings. The number of amides is 1. The molecule has 49 heavy (non-hydrogen) atoms. The van der Waals surface area contributed by atoms with Crippen LogP contribution >= 0.6 is 0 Å². The van der Waals surface area contributed by atoms with Crippen molar-refractivity contribution in [2.75, 3.05) is 0 Å². The monoisotopic (exact) mass is 671 g/mol. The summed E-state index contributed by atoms with van der Waals surface area (Å²) in [6.07, 6.45) is 3.46. The van der Waals surface area contributed by atoms with Gasteiger partial charge in [-0.3, -0.25) is 14.9 Å². The van der Waals surface area contributed by atoms with Gasteiger partial charge in [0.05, 0.1) is 21.8 Å². The highest BCUT2D eigenvalue weighted by molar-refractivity contribution is 7.89. The number of aromatic nitrogens is 2. The van der Waals surface area contributed by atoms with E-state index in [9.17, 15) is 23.3 Å². The maximum absolute atomic E-state index is 13.7. The molecule has 1 heterocycles. The van der Waals surface area contributed by atoms with E-state index in [1.54, 1.807) is 6.33 Å². The van der Waals surface area contributed by atoms with Crippen molar-refractivity contribution in [3.63, 3.8) is 0 Å². The van der Waals surface area contributed by atoms with Gasteiger partial charge in [0, 0.05) is 31.3 Å². The molecule has 0 aliphatic carbocycles. The topological polar surface area (TPSA) is 136 Å². The van der Waals surface area contributed by atoms with Crippen molar-refractivity contribution in [1.82, 2.24) is 19.6 Å². The first-order valence-corrected chi connectivity index (χ1v) is 17.0. The molecule has 10 nitrogen and oxygen atoms in total. The zero-order chi connectivity index (χ0) is 34.3. The number of nitrogens with one attached hydrogen (secondary N) is 2. The lowest BCUT2D eigenvalue weighted by Gasteiger charge is -2.37. The molecule has 246 valence electrons. The molecule has 1 aromatic heterocycles. The maximum atomic E-state index is 13.7. The van der Waals surface area contributed by atoms with Gasteiger partial charge in [-0.15, -0.1) is 0 Å². The fraction of sp³-hybridized carbons (Fsp3) is 0.105. The summed E-state index contributed by atoms with van der Waals surface area (Å²) in [6.45, 7) is 0.184. The van der Waals surface area contributed by atoms with E-state index in [1.807, 2.05) is 95.7 Å². The Balaban J connectivity index is 1.39. The molecule has 0 saturated carbocycles. The molecule has 6 rings (SSSR count). The molecule has 0 aliphatic rings. The van der Waals surface area contributed by atoms with Crippen LogP contribution in [0.2, 0.25) is 0 Å². The van der Waals surface area contributed by atoms with E-state index in [0.717, 1.165) is 46.5 Å². The summed E-state index contributed by atoms with van der Waals surface area (Å²) in [4.78, 5) is 28.7. The van der Waals surface area contributed by atoms with E-state index in [4.69, 9.17) is 4.98 Å². The van der Waals surface area contributed by atoms with E-state index in [2.05, 4.69) is 46.4 Å². The number of nitrogens with zero attached hydrogens (tertiary/aromatic N) is 3. The van der Waals surface area contributed by atoms with Crippen LogP contribution < -0.4 is 10.0 Å². The Morgan fingerprint density at radius 1 is 0.755 bits per heavy atom. The Labute approximate surface area is 284 Å².